The minimum atomic E-state index is -4.51. The highest BCUT2D eigenvalue weighted by Crippen LogP contribution is 2.44. The Morgan fingerprint density at radius 3 is 1.21 bits per heavy atom. The van der Waals surface area contributed by atoms with Gasteiger partial charge in [-0.05, 0) is 38.2 Å². The Bertz CT molecular complexity index is 2600. The van der Waals surface area contributed by atoms with Crippen LogP contribution in [-0.2, 0) is 132 Å². The summed E-state index contributed by atoms with van der Waals surface area (Å²) >= 11 is 4.86. The lowest BCUT2D eigenvalue weighted by Gasteiger charge is -2.18. The van der Waals surface area contributed by atoms with Gasteiger partial charge >= 0.3 is 39.5 Å². The van der Waals surface area contributed by atoms with Crippen molar-refractivity contribution in [3.05, 3.63) is 12.2 Å². The molecular formula is C58H94N4O30P2S2. The number of hydrogen-bond acceptors (Lipinski definition) is 30. The zero-order valence-electron chi connectivity index (χ0n) is 55.2. The molecule has 2 rings (SSSR count). The van der Waals surface area contributed by atoms with E-state index in [1.54, 1.807) is 12.5 Å². The molecule has 38 heteroatoms. The van der Waals surface area contributed by atoms with Crippen LogP contribution in [0.4, 0.5) is 0 Å². The van der Waals surface area contributed by atoms with Gasteiger partial charge in [-0.15, -0.1) is 0 Å². The van der Waals surface area contributed by atoms with Gasteiger partial charge in [0.1, 0.15) is 36.3 Å². The number of thioether (sulfide) groups is 1. The number of ketones is 4. The predicted molar refractivity (Wildman–Crippen MR) is 341 cm³/mol. The van der Waals surface area contributed by atoms with E-state index in [9.17, 15) is 86.0 Å². The standard InChI is InChI=1S/C29H47N2O15PS.C28H43N2O15P.CH4S/c1-21(32)43-19-25(46-22(2)33)20-45-47(39,40)44-14-5-7-24(35)9-15-42-17-11-30-27(36)10-16-41-13-4-6-23(34)8-12-31-28(37)18-26(48-3)29(31)38;1-21(31)42-19-25(45-22(2)32)20-44-46(38,39)43-15-4-6-24(34)10-16-41-18-12-29-26(35)11-17-40-14-3-5-23(33)9-13-30-27(36)7-8-28(30)37;1-2/h25-26H,4-20H2,1-3H3,(H,30,36)(H,39,40);7-8,25H,3-6,9-20H2,1-2H3,(H,29,35)(H,38,39);2H,1H3. The highest BCUT2D eigenvalue weighted by atomic mass is 32.2. The van der Waals surface area contributed by atoms with E-state index < -0.39 is 76.8 Å². The third kappa shape index (κ3) is 48.9. The average molecular weight is 1450 g/mol. The number of ether oxygens (including phenoxy) is 8. The Balaban J connectivity index is 0.00000183. The smallest absolute Gasteiger partial charge is 0.462 e. The summed E-state index contributed by atoms with van der Waals surface area (Å²) in [5, 5.41) is 4.95. The number of imide groups is 2. The van der Waals surface area contributed by atoms with Gasteiger partial charge in [0.2, 0.25) is 23.6 Å². The molecular weight excluding hydrogens is 1360 g/mol. The first-order valence-corrected chi connectivity index (χ1v) is 35.8. The Kier molecular flexibility index (Phi) is 51.0. The largest absolute Gasteiger partial charge is 0.472 e. The summed E-state index contributed by atoms with van der Waals surface area (Å²) in [6.07, 6.45) is 6.25. The van der Waals surface area contributed by atoms with E-state index in [0.29, 0.717) is 19.4 Å². The van der Waals surface area contributed by atoms with Gasteiger partial charge in [0, 0.05) is 150 Å². The number of nitrogens with one attached hydrogen (secondary N) is 2. The van der Waals surface area contributed by atoms with E-state index in [1.807, 2.05) is 0 Å². The van der Waals surface area contributed by atoms with Crippen LogP contribution in [0.15, 0.2) is 12.2 Å². The van der Waals surface area contributed by atoms with Crippen LogP contribution in [0.5, 0.6) is 0 Å². The highest BCUT2D eigenvalue weighted by molar-refractivity contribution is 8.00. The first kappa shape index (κ1) is 90.3. The highest BCUT2D eigenvalue weighted by Gasteiger charge is 2.38. The van der Waals surface area contributed by atoms with Gasteiger partial charge in [0.25, 0.3) is 11.8 Å². The van der Waals surface area contributed by atoms with Crippen molar-refractivity contribution in [2.75, 3.05) is 131 Å². The number of carbonyl (C=O) groups excluding carboxylic acids is 14. The van der Waals surface area contributed by atoms with Crippen LogP contribution in [-0.4, -0.2) is 251 Å². The Morgan fingerprint density at radius 1 is 0.490 bits per heavy atom. The number of phosphoric ester groups is 2. The number of hydrogen-bond donors (Lipinski definition) is 5. The number of carbonyl (C=O) groups is 14. The van der Waals surface area contributed by atoms with E-state index in [2.05, 4.69) is 23.3 Å². The molecule has 1 fully saturated rings. The van der Waals surface area contributed by atoms with Gasteiger partial charge in [0.15, 0.2) is 12.2 Å². The minimum Gasteiger partial charge on any atom is -0.462 e. The second-order valence-corrected chi connectivity index (χ2v) is 24.4. The quantitative estimate of drug-likeness (QED) is 0.0146. The van der Waals surface area contributed by atoms with Crippen molar-refractivity contribution >= 4 is 122 Å². The van der Waals surface area contributed by atoms with E-state index >= 15 is 0 Å². The lowest BCUT2D eigenvalue weighted by molar-refractivity contribution is -0.158. The van der Waals surface area contributed by atoms with Gasteiger partial charge in [0.05, 0.1) is 71.3 Å². The second-order valence-electron chi connectivity index (χ2n) is 20.5. The van der Waals surface area contributed by atoms with Gasteiger partial charge in [-0.25, -0.2) is 9.13 Å². The SMILES string of the molecule is CC(=O)OCC(COP(=O)(O)OCCCC(=O)CCOCCNC(=O)CCOCCCC(=O)CCN1C(=O)C=CC1=O)OC(C)=O.CS.CSC1CC(=O)N(CCC(=O)CCCOCCC(=O)NCCOCCC(=O)CCCOP(=O)(O)OCC(COC(C)=O)OC(C)=O)C1=O. The number of phosphoric acid groups is 2. The van der Waals surface area contributed by atoms with E-state index in [4.69, 9.17) is 56.0 Å². The fourth-order valence-electron chi connectivity index (χ4n) is 7.70. The van der Waals surface area contributed by atoms with Crippen LogP contribution in [0.1, 0.15) is 124 Å². The van der Waals surface area contributed by atoms with E-state index in [-0.39, 0.29) is 234 Å². The minimum absolute atomic E-state index is 0.0553. The van der Waals surface area contributed by atoms with Crippen molar-refractivity contribution in [3.63, 3.8) is 0 Å². The number of thiol groups is 1. The molecule has 0 saturated carbocycles. The average Bonchev–Trinajstić information content (AvgIpc) is 1.73. The first-order valence-electron chi connectivity index (χ1n) is 30.6. The first-order chi connectivity index (χ1) is 45.5. The number of esters is 4. The van der Waals surface area contributed by atoms with Gasteiger partial charge in [-0.2, -0.15) is 24.4 Å². The summed E-state index contributed by atoms with van der Waals surface area (Å²) in [6, 6.07) is 0. The van der Waals surface area contributed by atoms with Crippen LogP contribution in [0, 0.1) is 0 Å². The lowest BCUT2D eigenvalue weighted by atomic mass is 10.1. The van der Waals surface area contributed by atoms with Gasteiger partial charge in [-0.1, -0.05) is 0 Å². The molecule has 0 aromatic heterocycles. The Labute approximate surface area is 567 Å². The summed E-state index contributed by atoms with van der Waals surface area (Å²) in [6.45, 7) is 4.37. The number of amides is 6. The molecule has 0 aromatic rings. The molecule has 96 heavy (non-hydrogen) atoms. The summed E-state index contributed by atoms with van der Waals surface area (Å²) in [4.78, 5) is 184. The summed E-state index contributed by atoms with van der Waals surface area (Å²) < 4.78 is 83.7. The van der Waals surface area contributed by atoms with Crippen LogP contribution in [0.25, 0.3) is 0 Å². The van der Waals surface area contributed by atoms with Crippen molar-refractivity contribution in [2.45, 2.75) is 141 Å². The van der Waals surface area contributed by atoms with Crippen molar-refractivity contribution in [2.24, 2.45) is 0 Å². The molecule has 548 valence electrons. The number of rotatable bonds is 55. The van der Waals surface area contributed by atoms with Crippen LogP contribution in [0.3, 0.4) is 0 Å². The van der Waals surface area contributed by atoms with Gasteiger partial charge in [-0.3, -0.25) is 95.0 Å². The molecule has 6 amide bonds. The number of Topliss-reactive ketones (excluding diaryl/α,β-unsaturated/α-hetero) is 4. The Hall–Kier alpha value is -5.72. The zero-order chi connectivity index (χ0) is 72.3. The van der Waals surface area contributed by atoms with Crippen molar-refractivity contribution < 1.29 is 142 Å². The maximum Gasteiger partial charge on any atom is 0.472 e. The number of likely N-dealkylation sites (tertiary alicyclic amines) is 1. The summed E-state index contributed by atoms with van der Waals surface area (Å²) in [5.41, 5.74) is 0. The van der Waals surface area contributed by atoms with Crippen LogP contribution < -0.4 is 10.6 Å². The topological polar surface area (TPSA) is 455 Å². The van der Waals surface area contributed by atoms with Gasteiger partial charge < -0.3 is 58.3 Å². The predicted octanol–water partition coefficient (Wildman–Crippen LogP) is 2.23. The summed E-state index contributed by atoms with van der Waals surface area (Å²) in [5.74, 6) is -4.96. The fraction of sp³-hybridized carbons (Fsp3) is 0.724. The molecule has 0 spiro atoms. The van der Waals surface area contributed by atoms with Crippen molar-refractivity contribution in [3.8, 4) is 0 Å². The molecule has 0 bridgehead atoms. The summed E-state index contributed by atoms with van der Waals surface area (Å²) in [7, 11) is -9.02. The molecule has 1 saturated heterocycles. The van der Waals surface area contributed by atoms with E-state index in [1.165, 1.54) is 23.9 Å². The number of nitrogens with zero attached hydrogens (tertiary/aromatic N) is 2. The third-order valence-electron chi connectivity index (χ3n) is 12.4. The van der Waals surface area contributed by atoms with Crippen LogP contribution in [0.2, 0.25) is 0 Å². The molecule has 5 unspecified atom stereocenters. The maximum atomic E-state index is 12.1. The lowest BCUT2D eigenvalue weighted by Crippen LogP contribution is -2.33. The molecule has 34 nitrogen and oxygen atoms in total. The molecule has 2 aliphatic rings. The maximum absolute atomic E-state index is 12.1. The Morgan fingerprint density at radius 2 is 0.844 bits per heavy atom. The molecule has 5 atom stereocenters. The molecule has 2 aliphatic heterocycles. The molecule has 4 N–H and O–H groups in total. The second kappa shape index (κ2) is 54.2. The van der Waals surface area contributed by atoms with Crippen molar-refractivity contribution in [1.29, 1.82) is 0 Å². The fourth-order valence-corrected chi connectivity index (χ4v) is 9.92. The monoisotopic (exact) mass is 1450 g/mol. The normalized spacial score (nSPS) is 15.2. The van der Waals surface area contributed by atoms with Crippen molar-refractivity contribution in [1.82, 2.24) is 20.4 Å². The van der Waals surface area contributed by atoms with Crippen LogP contribution >= 0.6 is 40.0 Å². The molecule has 0 aromatic carbocycles. The molecule has 2 heterocycles. The van der Waals surface area contributed by atoms with E-state index in [0.717, 1.165) is 37.5 Å². The third-order valence-corrected chi connectivity index (χ3v) is 15.3. The zero-order valence-corrected chi connectivity index (χ0v) is 58.7. The molecule has 0 aliphatic carbocycles. The molecule has 0 radical (unpaired) electrons.